The molecule has 0 bridgehead atoms. The van der Waals surface area contributed by atoms with Crippen molar-refractivity contribution in [3.8, 4) is 0 Å². The highest BCUT2D eigenvalue weighted by molar-refractivity contribution is 8.00. The van der Waals surface area contributed by atoms with Crippen LogP contribution in [0.3, 0.4) is 0 Å². The second kappa shape index (κ2) is 5.62. The Hall–Kier alpha value is -0.910. The molecule has 3 atom stereocenters. The molecule has 0 saturated carbocycles. The fourth-order valence-electron chi connectivity index (χ4n) is 2.44. The lowest BCUT2D eigenvalue weighted by Gasteiger charge is -2.16. The quantitative estimate of drug-likeness (QED) is 0.494. The highest BCUT2D eigenvalue weighted by atomic mass is 32.2. The predicted molar refractivity (Wildman–Crippen MR) is 66.2 cm³/mol. The van der Waals surface area contributed by atoms with E-state index in [0.29, 0.717) is 5.25 Å². The molecule has 6 heteroatoms. The van der Waals surface area contributed by atoms with E-state index in [1.807, 2.05) is 11.8 Å². The Morgan fingerprint density at radius 2 is 2.18 bits per heavy atom. The van der Waals surface area contributed by atoms with E-state index in [0.717, 1.165) is 31.4 Å². The van der Waals surface area contributed by atoms with Crippen molar-refractivity contribution in [2.24, 2.45) is 0 Å². The van der Waals surface area contributed by atoms with Crippen molar-refractivity contribution < 1.29 is 14.7 Å². The first kappa shape index (κ1) is 12.5. The minimum absolute atomic E-state index is 0.0452. The van der Waals surface area contributed by atoms with Crippen molar-refractivity contribution in [1.82, 2.24) is 10.6 Å². The number of carbonyl (C=O) groups excluding carboxylic acids is 1. The number of aliphatic carboxylic acids is 1. The summed E-state index contributed by atoms with van der Waals surface area (Å²) in [5.74, 6) is 0.274. The molecular weight excluding hydrogens is 240 g/mol. The molecule has 2 rings (SSSR count). The Morgan fingerprint density at radius 3 is 2.94 bits per heavy atom. The van der Waals surface area contributed by atoms with Gasteiger partial charge in [0, 0.05) is 17.4 Å². The number of carboxylic acids is 1. The maximum Gasteiger partial charge on any atom is 0.315 e. The van der Waals surface area contributed by atoms with E-state index in [9.17, 15) is 9.59 Å². The Labute approximate surface area is 105 Å². The molecule has 2 fully saturated rings. The Morgan fingerprint density at radius 1 is 1.35 bits per heavy atom. The second-order valence-corrected chi connectivity index (χ2v) is 5.89. The lowest BCUT2D eigenvalue weighted by molar-refractivity contribution is -0.137. The molecule has 2 heterocycles. The van der Waals surface area contributed by atoms with Crippen LogP contribution in [-0.4, -0.2) is 40.2 Å². The molecule has 0 spiro atoms. The molecule has 2 saturated heterocycles. The van der Waals surface area contributed by atoms with Gasteiger partial charge in [0.15, 0.2) is 0 Å². The molecule has 0 aromatic carbocycles. The van der Waals surface area contributed by atoms with Gasteiger partial charge in [-0.15, -0.1) is 0 Å². The summed E-state index contributed by atoms with van der Waals surface area (Å²) in [6.45, 7) is 0. The number of carboxylic acid groups (broad SMARTS) is 1. The summed E-state index contributed by atoms with van der Waals surface area (Å²) in [7, 11) is 0. The zero-order chi connectivity index (χ0) is 12.3. The fourth-order valence-corrected chi connectivity index (χ4v) is 3.99. The van der Waals surface area contributed by atoms with E-state index >= 15 is 0 Å². The van der Waals surface area contributed by atoms with Gasteiger partial charge in [-0.25, -0.2) is 4.79 Å². The standard InChI is InChI=1S/C11H18N2O3S/c14-9(15)5-3-1-2-4-8-10-7(6-17-8)12-11(16)13-10/h7-8,10H,1-6H2,(H,14,15)(H2,12,13,16)/t7-,8-,10-/m0/s1. The molecule has 0 aliphatic carbocycles. The number of nitrogens with one attached hydrogen (secondary N) is 2. The van der Waals surface area contributed by atoms with E-state index in [1.165, 1.54) is 0 Å². The maximum absolute atomic E-state index is 11.2. The van der Waals surface area contributed by atoms with Crippen molar-refractivity contribution >= 4 is 23.8 Å². The molecule has 0 aromatic rings. The summed E-state index contributed by atoms with van der Waals surface area (Å²) in [4.78, 5) is 21.5. The van der Waals surface area contributed by atoms with E-state index in [-0.39, 0.29) is 24.5 Å². The van der Waals surface area contributed by atoms with Gasteiger partial charge in [-0.2, -0.15) is 11.8 Å². The van der Waals surface area contributed by atoms with Gasteiger partial charge in [0.2, 0.25) is 0 Å². The van der Waals surface area contributed by atoms with Crippen LogP contribution in [0, 0.1) is 0 Å². The van der Waals surface area contributed by atoms with E-state index < -0.39 is 5.97 Å². The molecule has 0 aromatic heterocycles. The molecule has 2 aliphatic rings. The third kappa shape index (κ3) is 3.28. The first-order chi connectivity index (χ1) is 8.16. The van der Waals surface area contributed by atoms with Crippen LogP contribution in [0.4, 0.5) is 4.79 Å². The molecule has 2 aliphatic heterocycles. The Balaban J connectivity index is 1.63. The highest BCUT2D eigenvalue weighted by Gasteiger charge is 2.42. The van der Waals surface area contributed by atoms with Crippen LogP contribution < -0.4 is 10.6 Å². The molecule has 96 valence electrons. The van der Waals surface area contributed by atoms with Crippen LogP contribution in [0.2, 0.25) is 0 Å². The molecule has 5 nitrogen and oxygen atoms in total. The van der Waals surface area contributed by atoms with Crippen molar-refractivity contribution in [3.05, 3.63) is 0 Å². The normalized spacial score (nSPS) is 30.8. The number of thioether (sulfide) groups is 1. The van der Waals surface area contributed by atoms with Gasteiger partial charge in [-0.05, 0) is 12.8 Å². The van der Waals surface area contributed by atoms with Gasteiger partial charge >= 0.3 is 12.0 Å². The monoisotopic (exact) mass is 258 g/mol. The Bertz CT molecular complexity index is 311. The lowest BCUT2D eigenvalue weighted by Crippen LogP contribution is -2.36. The number of hydrogen-bond acceptors (Lipinski definition) is 3. The number of carbonyl (C=O) groups is 2. The number of amides is 2. The minimum atomic E-state index is -0.715. The van der Waals surface area contributed by atoms with Gasteiger partial charge in [0.1, 0.15) is 0 Å². The third-order valence-electron chi connectivity index (χ3n) is 3.32. The zero-order valence-electron chi connectivity index (χ0n) is 9.65. The van der Waals surface area contributed by atoms with Gasteiger partial charge in [0.05, 0.1) is 12.1 Å². The van der Waals surface area contributed by atoms with Crippen LogP contribution in [0.25, 0.3) is 0 Å². The molecular formula is C11H18N2O3S. The smallest absolute Gasteiger partial charge is 0.315 e. The van der Waals surface area contributed by atoms with Crippen molar-refractivity contribution in [2.75, 3.05) is 5.75 Å². The minimum Gasteiger partial charge on any atom is -0.481 e. The van der Waals surface area contributed by atoms with Gasteiger partial charge in [-0.1, -0.05) is 12.8 Å². The average Bonchev–Trinajstić information content (AvgIpc) is 2.77. The molecule has 3 N–H and O–H groups in total. The zero-order valence-corrected chi connectivity index (χ0v) is 10.5. The Kier molecular flexibility index (Phi) is 4.15. The average molecular weight is 258 g/mol. The predicted octanol–water partition coefficient (Wildman–Crippen LogP) is 1.19. The summed E-state index contributed by atoms with van der Waals surface area (Å²) >= 11 is 1.91. The van der Waals surface area contributed by atoms with Crippen LogP contribution in [0.1, 0.15) is 32.1 Å². The first-order valence-electron chi connectivity index (χ1n) is 6.07. The largest absolute Gasteiger partial charge is 0.481 e. The molecule has 17 heavy (non-hydrogen) atoms. The van der Waals surface area contributed by atoms with Gasteiger partial charge in [0.25, 0.3) is 0 Å². The van der Waals surface area contributed by atoms with Gasteiger partial charge in [-0.3, -0.25) is 4.79 Å². The number of rotatable bonds is 6. The van der Waals surface area contributed by atoms with E-state index in [2.05, 4.69) is 10.6 Å². The third-order valence-corrected chi connectivity index (χ3v) is 4.83. The molecule has 0 radical (unpaired) electrons. The number of hydrogen-bond donors (Lipinski definition) is 3. The van der Waals surface area contributed by atoms with Crippen LogP contribution in [0.15, 0.2) is 0 Å². The van der Waals surface area contributed by atoms with Crippen molar-refractivity contribution in [3.63, 3.8) is 0 Å². The number of unbranched alkanes of at least 4 members (excludes halogenated alkanes) is 2. The highest BCUT2D eigenvalue weighted by Crippen LogP contribution is 2.33. The lowest BCUT2D eigenvalue weighted by atomic mass is 10.0. The molecule has 2 amide bonds. The van der Waals surface area contributed by atoms with Crippen molar-refractivity contribution in [1.29, 1.82) is 0 Å². The van der Waals surface area contributed by atoms with E-state index in [1.54, 1.807) is 0 Å². The first-order valence-corrected chi connectivity index (χ1v) is 7.12. The number of urea groups is 1. The van der Waals surface area contributed by atoms with Crippen LogP contribution in [0.5, 0.6) is 0 Å². The fraction of sp³-hybridized carbons (Fsp3) is 0.818. The summed E-state index contributed by atoms with van der Waals surface area (Å²) in [6.07, 6.45) is 4.09. The summed E-state index contributed by atoms with van der Waals surface area (Å²) in [5, 5.41) is 14.9. The van der Waals surface area contributed by atoms with Gasteiger partial charge < -0.3 is 15.7 Å². The summed E-state index contributed by atoms with van der Waals surface area (Å²) in [6, 6.07) is 0.514. The van der Waals surface area contributed by atoms with E-state index in [4.69, 9.17) is 5.11 Å². The topological polar surface area (TPSA) is 78.4 Å². The second-order valence-electron chi connectivity index (χ2n) is 4.61. The molecule has 0 unspecified atom stereocenters. The SMILES string of the molecule is O=C(O)CCCCC[C@@H]1SC[C@@H]2NC(=O)N[C@@H]21. The summed E-state index contributed by atoms with van der Waals surface area (Å²) in [5.41, 5.74) is 0. The summed E-state index contributed by atoms with van der Waals surface area (Å²) < 4.78 is 0. The van der Waals surface area contributed by atoms with Crippen molar-refractivity contribution in [2.45, 2.75) is 49.4 Å². The van der Waals surface area contributed by atoms with Crippen LogP contribution in [-0.2, 0) is 4.79 Å². The number of fused-ring (bicyclic) bond motifs is 1. The van der Waals surface area contributed by atoms with Crippen LogP contribution >= 0.6 is 11.8 Å². The maximum atomic E-state index is 11.2.